The maximum atomic E-state index is 12.3. The molecular weight excluding hydrogens is 358 g/mol. The normalized spacial score (nSPS) is 14.9. The maximum Gasteiger partial charge on any atom is 0.409 e. The molecule has 1 fully saturated rings. The average molecular weight is 385 g/mol. The van der Waals surface area contributed by atoms with Crippen molar-refractivity contribution < 1.29 is 14.3 Å². The first-order valence-corrected chi connectivity index (χ1v) is 9.80. The number of carbonyl (C=O) groups excluding carboxylic acids is 2. The van der Waals surface area contributed by atoms with Crippen LogP contribution in [-0.4, -0.2) is 47.6 Å². The number of H-pyrrole nitrogens is 1. The van der Waals surface area contributed by atoms with Gasteiger partial charge < -0.3 is 19.9 Å². The topological polar surface area (TPSA) is 91.5 Å². The number of rotatable bonds is 5. The third-order valence-corrected chi connectivity index (χ3v) is 5.08. The molecule has 1 saturated heterocycles. The summed E-state index contributed by atoms with van der Waals surface area (Å²) in [5.74, 6) is -0.0710. The molecule has 28 heavy (non-hydrogen) atoms. The number of likely N-dealkylation sites (tertiary alicyclic amines) is 1. The first kappa shape index (κ1) is 19.9. The summed E-state index contributed by atoms with van der Waals surface area (Å²) in [6.07, 6.45) is 1.78. The molecule has 0 unspecified atom stereocenters. The zero-order valence-electron chi connectivity index (χ0n) is 16.4. The minimum atomic E-state index is -0.293. The van der Waals surface area contributed by atoms with Crippen LogP contribution < -0.4 is 10.9 Å². The molecule has 0 radical (unpaired) electrons. The minimum Gasteiger partial charge on any atom is -0.450 e. The van der Waals surface area contributed by atoms with E-state index in [1.807, 2.05) is 31.2 Å². The Balaban J connectivity index is 1.51. The van der Waals surface area contributed by atoms with Crippen molar-refractivity contribution in [2.75, 3.05) is 19.7 Å². The van der Waals surface area contributed by atoms with Gasteiger partial charge in [-0.3, -0.25) is 9.59 Å². The summed E-state index contributed by atoms with van der Waals surface area (Å²) >= 11 is 0. The van der Waals surface area contributed by atoms with Crippen molar-refractivity contribution in [2.45, 2.75) is 45.6 Å². The molecule has 0 atom stereocenters. The third kappa shape index (κ3) is 4.91. The molecule has 2 amide bonds. The van der Waals surface area contributed by atoms with Gasteiger partial charge in [0.2, 0.25) is 5.91 Å². The monoisotopic (exact) mass is 385 g/mol. The lowest BCUT2D eigenvalue weighted by Crippen LogP contribution is -2.46. The fraction of sp³-hybridized carbons (Fsp3) is 0.476. The summed E-state index contributed by atoms with van der Waals surface area (Å²) < 4.78 is 5.00. The summed E-state index contributed by atoms with van der Waals surface area (Å²) in [5.41, 5.74) is 2.40. The molecule has 7 heteroatoms. The molecule has 0 spiro atoms. The molecule has 7 nitrogen and oxygen atoms in total. The first-order valence-electron chi connectivity index (χ1n) is 9.80. The summed E-state index contributed by atoms with van der Waals surface area (Å²) in [6, 6.07) is 7.79. The second-order valence-electron chi connectivity index (χ2n) is 7.24. The fourth-order valence-electron chi connectivity index (χ4n) is 3.53. The molecule has 1 aliphatic heterocycles. The van der Waals surface area contributed by atoms with Gasteiger partial charge in [-0.1, -0.05) is 11.6 Å². The number of nitrogens with zero attached hydrogens (tertiary/aromatic N) is 1. The molecule has 0 aliphatic carbocycles. The number of ether oxygens (including phenoxy) is 1. The van der Waals surface area contributed by atoms with Crippen LogP contribution in [0.5, 0.6) is 0 Å². The van der Waals surface area contributed by atoms with Crippen molar-refractivity contribution in [3.63, 3.8) is 0 Å². The third-order valence-electron chi connectivity index (χ3n) is 5.08. The number of hydrogen-bond acceptors (Lipinski definition) is 4. The average Bonchev–Trinajstić information content (AvgIpc) is 2.67. The Labute approximate surface area is 164 Å². The van der Waals surface area contributed by atoms with E-state index in [0.29, 0.717) is 44.5 Å². The first-order chi connectivity index (χ1) is 13.5. The molecular formula is C21H27N3O4. The number of pyridine rings is 1. The van der Waals surface area contributed by atoms with Crippen molar-refractivity contribution in [3.8, 4) is 0 Å². The lowest BCUT2D eigenvalue weighted by atomic mass is 10.0. The highest BCUT2D eigenvalue weighted by Crippen LogP contribution is 2.15. The Morgan fingerprint density at radius 1 is 1.25 bits per heavy atom. The minimum absolute atomic E-state index is 0.0516. The van der Waals surface area contributed by atoms with E-state index in [0.717, 1.165) is 16.5 Å². The number of benzene rings is 1. The predicted octanol–water partition coefficient (Wildman–Crippen LogP) is 2.51. The summed E-state index contributed by atoms with van der Waals surface area (Å²) in [7, 11) is 0. The number of aromatic amines is 1. The van der Waals surface area contributed by atoms with E-state index in [-0.39, 0.29) is 30.0 Å². The van der Waals surface area contributed by atoms with Gasteiger partial charge in [-0.15, -0.1) is 0 Å². The van der Waals surface area contributed by atoms with E-state index in [1.165, 1.54) is 0 Å². The van der Waals surface area contributed by atoms with Gasteiger partial charge in [-0.25, -0.2) is 4.79 Å². The Morgan fingerprint density at radius 2 is 2.00 bits per heavy atom. The standard InChI is InChI=1S/C21H27N3O4/c1-3-28-21(27)24-10-8-17(9-11-24)22-19(25)7-5-15-13-16-12-14(2)4-6-18(16)23-20(15)26/h4,6,12-13,17H,3,5,7-11H2,1-2H3,(H,22,25)(H,23,26). The van der Waals surface area contributed by atoms with E-state index in [2.05, 4.69) is 10.3 Å². The van der Waals surface area contributed by atoms with Crippen molar-refractivity contribution in [1.29, 1.82) is 0 Å². The highest BCUT2D eigenvalue weighted by molar-refractivity contribution is 5.80. The largest absolute Gasteiger partial charge is 0.450 e. The number of fused-ring (bicyclic) bond motifs is 1. The number of aryl methyl sites for hydroxylation is 2. The van der Waals surface area contributed by atoms with Crippen LogP contribution in [0.4, 0.5) is 4.79 Å². The van der Waals surface area contributed by atoms with Gasteiger partial charge in [-0.05, 0) is 56.7 Å². The molecule has 150 valence electrons. The quantitative estimate of drug-likeness (QED) is 0.827. The van der Waals surface area contributed by atoms with Crippen LogP contribution in [0.1, 0.15) is 37.3 Å². The van der Waals surface area contributed by atoms with Crippen LogP contribution in [-0.2, 0) is 16.0 Å². The van der Waals surface area contributed by atoms with E-state index in [1.54, 1.807) is 11.8 Å². The van der Waals surface area contributed by atoms with Crippen LogP contribution >= 0.6 is 0 Å². The number of aromatic nitrogens is 1. The van der Waals surface area contributed by atoms with E-state index >= 15 is 0 Å². The zero-order chi connectivity index (χ0) is 20.1. The van der Waals surface area contributed by atoms with E-state index in [4.69, 9.17) is 4.74 Å². The Bertz CT molecular complexity index is 913. The summed E-state index contributed by atoms with van der Waals surface area (Å²) in [4.78, 5) is 40.8. The van der Waals surface area contributed by atoms with Gasteiger partial charge in [-0.2, -0.15) is 0 Å². The van der Waals surface area contributed by atoms with Crippen LogP contribution in [0.25, 0.3) is 10.9 Å². The number of hydrogen-bond donors (Lipinski definition) is 2. The van der Waals surface area contributed by atoms with Gasteiger partial charge in [0.15, 0.2) is 0 Å². The van der Waals surface area contributed by atoms with Crippen molar-refractivity contribution in [1.82, 2.24) is 15.2 Å². The summed E-state index contributed by atoms with van der Waals surface area (Å²) in [6.45, 7) is 5.31. The smallest absolute Gasteiger partial charge is 0.409 e. The number of carbonyl (C=O) groups is 2. The number of amides is 2. The molecule has 3 rings (SSSR count). The highest BCUT2D eigenvalue weighted by Gasteiger charge is 2.24. The van der Waals surface area contributed by atoms with E-state index in [9.17, 15) is 14.4 Å². The maximum absolute atomic E-state index is 12.3. The predicted molar refractivity (Wildman–Crippen MR) is 107 cm³/mol. The SMILES string of the molecule is CCOC(=O)N1CCC(NC(=O)CCc2cc3cc(C)ccc3[nH]c2=O)CC1. The van der Waals surface area contributed by atoms with Gasteiger partial charge in [0.05, 0.1) is 6.61 Å². The molecule has 1 aromatic heterocycles. The van der Waals surface area contributed by atoms with Crippen molar-refractivity contribution >= 4 is 22.9 Å². The van der Waals surface area contributed by atoms with Crippen LogP contribution in [0.3, 0.4) is 0 Å². The molecule has 2 N–H and O–H groups in total. The van der Waals surface area contributed by atoms with Gasteiger partial charge in [0.1, 0.15) is 0 Å². The van der Waals surface area contributed by atoms with Crippen LogP contribution in [0.2, 0.25) is 0 Å². The molecule has 0 saturated carbocycles. The van der Waals surface area contributed by atoms with Crippen LogP contribution in [0.15, 0.2) is 29.1 Å². The molecule has 1 aromatic carbocycles. The zero-order valence-corrected chi connectivity index (χ0v) is 16.4. The molecule has 2 heterocycles. The van der Waals surface area contributed by atoms with Crippen molar-refractivity contribution in [2.24, 2.45) is 0 Å². The highest BCUT2D eigenvalue weighted by atomic mass is 16.6. The lowest BCUT2D eigenvalue weighted by molar-refractivity contribution is -0.122. The Hall–Kier alpha value is -2.83. The molecule has 0 bridgehead atoms. The van der Waals surface area contributed by atoms with Gasteiger partial charge in [0, 0.05) is 36.6 Å². The number of piperidine rings is 1. The second kappa shape index (κ2) is 8.91. The number of nitrogens with one attached hydrogen (secondary N) is 2. The Kier molecular flexibility index (Phi) is 6.34. The van der Waals surface area contributed by atoms with Gasteiger partial charge in [0.25, 0.3) is 5.56 Å². The van der Waals surface area contributed by atoms with Crippen molar-refractivity contribution in [3.05, 3.63) is 45.7 Å². The van der Waals surface area contributed by atoms with Gasteiger partial charge >= 0.3 is 6.09 Å². The molecule has 1 aliphatic rings. The lowest BCUT2D eigenvalue weighted by Gasteiger charge is -2.31. The van der Waals surface area contributed by atoms with Crippen LogP contribution in [0, 0.1) is 6.92 Å². The molecule has 2 aromatic rings. The van der Waals surface area contributed by atoms with E-state index < -0.39 is 0 Å². The summed E-state index contributed by atoms with van der Waals surface area (Å²) in [5, 5.41) is 3.99. The fourth-order valence-corrected chi connectivity index (χ4v) is 3.53. The second-order valence-corrected chi connectivity index (χ2v) is 7.24. The Morgan fingerprint density at radius 3 is 2.71 bits per heavy atom.